The van der Waals surface area contributed by atoms with E-state index in [-0.39, 0.29) is 0 Å². The van der Waals surface area contributed by atoms with Crippen LogP contribution < -0.4 is 4.90 Å². The van der Waals surface area contributed by atoms with E-state index >= 15 is 0 Å². The third-order valence-electron chi connectivity index (χ3n) is 7.01. The predicted molar refractivity (Wildman–Crippen MR) is 119 cm³/mol. The van der Waals surface area contributed by atoms with Gasteiger partial charge in [0.15, 0.2) is 0 Å². The van der Waals surface area contributed by atoms with Gasteiger partial charge in [0.1, 0.15) is 0 Å². The maximum atomic E-state index is 12.8. The van der Waals surface area contributed by atoms with Gasteiger partial charge in [-0.2, -0.15) is 4.98 Å². The maximum absolute atomic E-state index is 12.8. The van der Waals surface area contributed by atoms with E-state index in [1.165, 1.54) is 24.9 Å². The molecule has 8 heteroatoms. The first kappa shape index (κ1) is 20.5. The molecule has 3 aliphatic rings. The number of amides is 1. The third kappa shape index (κ3) is 4.60. The number of anilines is 1. The van der Waals surface area contributed by atoms with Crippen LogP contribution in [0.4, 0.5) is 5.69 Å². The lowest BCUT2D eigenvalue weighted by Gasteiger charge is -2.43. The summed E-state index contributed by atoms with van der Waals surface area (Å²) in [5.74, 6) is 1.49. The molecule has 1 aromatic carbocycles. The van der Waals surface area contributed by atoms with Gasteiger partial charge in [0.2, 0.25) is 17.6 Å². The molecular weight excluding hydrogens is 392 g/mol. The van der Waals surface area contributed by atoms with E-state index in [9.17, 15) is 4.79 Å². The van der Waals surface area contributed by atoms with Gasteiger partial charge in [0.25, 0.3) is 0 Å². The number of carbonyl (C=O) groups excluding carboxylic acids is 1. The van der Waals surface area contributed by atoms with Gasteiger partial charge < -0.3 is 14.3 Å². The van der Waals surface area contributed by atoms with Gasteiger partial charge in [-0.15, -0.1) is 0 Å². The molecule has 166 valence electrons. The van der Waals surface area contributed by atoms with E-state index in [0.29, 0.717) is 24.2 Å². The Balaban J connectivity index is 1.08. The van der Waals surface area contributed by atoms with Crippen molar-refractivity contribution in [1.82, 2.24) is 24.8 Å². The summed E-state index contributed by atoms with van der Waals surface area (Å²) in [4.78, 5) is 26.4. The van der Waals surface area contributed by atoms with Gasteiger partial charge in [-0.1, -0.05) is 11.6 Å². The number of carbonyl (C=O) groups is 1. The number of aryl methyl sites for hydroxylation is 1. The molecule has 2 aliphatic heterocycles. The number of benzene rings is 1. The number of aromatic nitrogens is 2. The van der Waals surface area contributed by atoms with E-state index in [1.807, 2.05) is 12.1 Å². The number of nitrogens with zero attached hydrogens (tertiary/aromatic N) is 6. The first-order chi connectivity index (χ1) is 15.2. The van der Waals surface area contributed by atoms with Gasteiger partial charge in [-0.05, 0) is 37.1 Å². The zero-order chi connectivity index (χ0) is 21.2. The largest absolute Gasteiger partial charge is 0.369 e. The van der Waals surface area contributed by atoms with Gasteiger partial charge in [0, 0.05) is 76.6 Å². The summed E-state index contributed by atoms with van der Waals surface area (Å²) in [7, 11) is 0. The fraction of sp³-hybridized carbons (Fsp3) is 0.609. The Morgan fingerprint density at radius 3 is 2.29 bits per heavy atom. The van der Waals surface area contributed by atoms with Crippen molar-refractivity contribution in [3.8, 4) is 11.4 Å². The predicted octanol–water partition coefficient (Wildman–Crippen LogP) is 1.86. The van der Waals surface area contributed by atoms with Crippen molar-refractivity contribution >= 4 is 11.6 Å². The average molecular weight is 425 g/mol. The Kier molecular flexibility index (Phi) is 5.91. The summed E-state index contributed by atoms with van der Waals surface area (Å²) in [6, 6.07) is 9.10. The van der Waals surface area contributed by atoms with E-state index in [0.717, 1.165) is 64.0 Å². The fourth-order valence-corrected chi connectivity index (χ4v) is 4.78. The van der Waals surface area contributed by atoms with Gasteiger partial charge in [-0.25, -0.2) is 0 Å². The topological polar surface area (TPSA) is 69.0 Å². The zero-order valence-corrected chi connectivity index (χ0v) is 18.4. The van der Waals surface area contributed by atoms with E-state index in [1.54, 1.807) is 6.92 Å². The highest BCUT2D eigenvalue weighted by atomic mass is 16.5. The molecule has 1 amide bonds. The first-order valence-corrected chi connectivity index (χ1v) is 11.6. The molecule has 1 aliphatic carbocycles. The monoisotopic (exact) mass is 424 g/mol. The second kappa shape index (κ2) is 8.96. The molecule has 3 heterocycles. The molecule has 2 aromatic rings. The summed E-state index contributed by atoms with van der Waals surface area (Å²) in [6.45, 7) is 9.92. The Morgan fingerprint density at radius 2 is 1.71 bits per heavy atom. The molecule has 0 spiro atoms. The van der Waals surface area contributed by atoms with Crippen molar-refractivity contribution in [2.24, 2.45) is 0 Å². The molecule has 0 atom stereocenters. The molecule has 2 saturated heterocycles. The summed E-state index contributed by atoms with van der Waals surface area (Å²) >= 11 is 0. The number of rotatable bonds is 5. The minimum Gasteiger partial charge on any atom is -0.369 e. The van der Waals surface area contributed by atoms with Crippen LogP contribution in [0.1, 0.15) is 25.2 Å². The second-order valence-corrected chi connectivity index (χ2v) is 8.95. The van der Waals surface area contributed by atoms with Crippen molar-refractivity contribution in [3.63, 3.8) is 0 Å². The summed E-state index contributed by atoms with van der Waals surface area (Å²) < 4.78 is 5.07. The second-order valence-electron chi connectivity index (χ2n) is 8.95. The number of hydrogen-bond acceptors (Lipinski definition) is 7. The van der Waals surface area contributed by atoms with Crippen LogP contribution >= 0.6 is 0 Å². The molecule has 5 rings (SSSR count). The van der Waals surface area contributed by atoms with Crippen molar-refractivity contribution < 1.29 is 9.32 Å². The highest BCUT2D eigenvalue weighted by Crippen LogP contribution is 2.26. The normalized spacial score (nSPS) is 21.3. The standard InChI is InChI=1S/C23H32N6O2/c1-18-24-23(25-31-18)19-5-7-21(8-6-19)27-11-9-26(10-12-27)17-22(30)29-15-13-28(14-16-29)20-3-2-4-20/h5-8,20H,2-4,9-17H2,1H3. The van der Waals surface area contributed by atoms with Crippen LogP contribution in [0.3, 0.4) is 0 Å². The molecular formula is C23H32N6O2. The Hall–Kier alpha value is -2.45. The van der Waals surface area contributed by atoms with E-state index in [2.05, 4.69) is 41.9 Å². The van der Waals surface area contributed by atoms with Crippen LogP contribution in [0.2, 0.25) is 0 Å². The quantitative estimate of drug-likeness (QED) is 0.726. The Bertz CT molecular complexity index is 878. The molecule has 31 heavy (non-hydrogen) atoms. The van der Waals surface area contributed by atoms with E-state index < -0.39 is 0 Å². The summed E-state index contributed by atoms with van der Waals surface area (Å²) in [6.07, 6.45) is 4.06. The van der Waals surface area contributed by atoms with Crippen LogP contribution in [-0.2, 0) is 4.79 Å². The average Bonchev–Trinajstić information content (AvgIpc) is 3.20. The van der Waals surface area contributed by atoms with Crippen LogP contribution in [0.15, 0.2) is 28.8 Å². The van der Waals surface area contributed by atoms with Crippen LogP contribution in [0, 0.1) is 6.92 Å². The highest BCUT2D eigenvalue weighted by Gasteiger charge is 2.30. The Labute approximate surface area is 183 Å². The van der Waals surface area contributed by atoms with Crippen molar-refractivity contribution in [2.75, 3.05) is 63.8 Å². The van der Waals surface area contributed by atoms with Gasteiger partial charge in [-0.3, -0.25) is 14.6 Å². The SMILES string of the molecule is Cc1nc(-c2ccc(N3CCN(CC(=O)N4CCN(C5CCC5)CC4)CC3)cc2)no1. The maximum Gasteiger partial charge on any atom is 0.236 e. The third-order valence-corrected chi connectivity index (χ3v) is 7.01. The van der Waals surface area contributed by atoms with Gasteiger partial charge in [0.05, 0.1) is 6.54 Å². The lowest BCUT2D eigenvalue weighted by atomic mass is 9.91. The molecule has 8 nitrogen and oxygen atoms in total. The van der Waals surface area contributed by atoms with E-state index in [4.69, 9.17) is 4.52 Å². The number of hydrogen-bond donors (Lipinski definition) is 0. The molecule has 0 unspecified atom stereocenters. The number of piperazine rings is 2. The van der Waals surface area contributed by atoms with Crippen LogP contribution in [-0.4, -0.2) is 95.7 Å². The first-order valence-electron chi connectivity index (χ1n) is 11.6. The summed E-state index contributed by atoms with van der Waals surface area (Å²) in [5.41, 5.74) is 2.16. The van der Waals surface area contributed by atoms with Crippen molar-refractivity contribution in [2.45, 2.75) is 32.2 Å². The Morgan fingerprint density at radius 1 is 1.00 bits per heavy atom. The lowest BCUT2D eigenvalue weighted by molar-refractivity contribution is -0.134. The molecule has 0 radical (unpaired) electrons. The fourth-order valence-electron chi connectivity index (χ4n) is 4.78. The highest BCUT2D eigenvalue weighted by molar-refractivity contribution is 5.78. The molecule has 3 fully saturated rings. The molecule has 0 bridgehead atoms. The van der Waals surface area contributed by atoms with Crippen LogP contribution in [0.5, 0.6) is 0 Å². The van der Waals surface area contributed by atoms with Crippen molar-refractivity contribution in [1.29, 1.82) is 0 Å². The van der Waals surface area contributed by atoms with Crippen LogP contribution in [0.25, 0.3) is 11.4 Å². The minimum absolute atomic E-state index is 0.293. The molecule has 1 saturated carbocycles. The lowest BCUT2D eigenvalue weighted by Crippen LogP contribution is -2.56. The van der Waals surface area contributed by atoms with Gasteiger partial charge >= 0.3 is 0 Å². The molecule has 1 aromatic heterocycles. The van der Waals surface area contributed by atoms with Crippen molar-refractivity contribution in [3.05, 3.63) is 30.2 Å². The smallest absolute Gasteiger partial charge is 0.236 e. The minimum atomic E-state index is 0.293. The summed E-state index contributed by atoms with van der Waals surface area (Å²) in [5, 5.41) is 3.98. The molecule has 0 N–H and O–H groups in total. The zero-order valence-electron chi connectivity index (χ0n) is 18.4.